The Labute approximate surface area is 136 Å². The molecule has 0 aromatic carbocycles. The molecule has 1 aromatic heterocycles. The van der Waals surface area contributed by atoms with Crippen LogP contribution in [0.5, 0.6) is 0 Å². The van der Waals surface area contributed by atoms with Crippen LogP contribution in [-0.2, 0) is 16.6 Å². The molecule has 1 aromatic rings. The van der Waals surface area contributed by atoms with Crippen LogP contribution in [0.2, 0.25) is 0 Å². The molecular formula is C14H24N2O2S3. The van der Waals surface area contributed by atoms with E-state index >= 15 is 0 Å². The number of nitrogens with one attached hydrogen (secondary N) is 1. The summed E-state index contributed by atoms with van der Waals surface area (Å²) in [5.74, 6) is 0.890. The minimum absolute atomic E-state index is 0.346. The molecule has 1 saturated heterocycles. The summed E-state index contributed by atoms with van der Waals surface area (Å²) in [7, 11) is -3.35. The lowest BCUT2D eigenvalue weighted by Crippen LogP contribution is -2.41. The third kappa shape index (κ3) is 4.22. The molecule has 4 nitrogen and oxygen atoms in total. The summed E-state index contributed by atoms with van der Waals surface area (Å²) >= 11 is 3.40. The van der Waals surface area contributed by atoms with Crippen LogP contribution in [0, 0.1) is 0 Å². The zero-order valence-electron chi connectivity index (χ0n) is 12.8. The first-order valence-corrected chi connectivity index (χ1v) is 10.7. The van der Waals surface area contributed by atoms with Crippen LogP contribution in [0.3, 0.4) is 0 Å². The molecule has 7 heteroatoms. The van der Waals surface area contributed by atoms with Crippen molar-refractivity contribution < 1.29 is 8.42 Å². The van der Waals surface area contributed by atoms with Crippen LogP contribution in [-0.4, -0.2) is 42.9 Å². The number of sulfonamides is 1. The first-order chi connectivity index (χ1) is 9.95. The van der Waals surface area contributed by atoms with Crippen LogP contribution in [0.25, 0.3) is 0 Å². The normalized spacial score (nSPS) is 21.0. The average Bonchev–Trinajstić information content (AvgIpc) is 2.94. The summed E-state index contributed by atoms with van der Waals surface area (Å²) < 4.78 is 27.4. The van der Waals surface area contributed by atoms with E-state index in [9.17, 15) is 8.42 Å². The second kappa shape index (κ2) is 7.46. The van der Waals surface area contributed by atoms with E-state index < -0.39 is 10.0 Å². The van der Waals surface area contributed by atoms with Crippen molar-refractivity contribution in [3.63, 3.8) is 0 Å². The van der Waals surface area contributed by atoms with Crippen LogP contribution in [0.4, 0.5) is 0 Å². The molecule has 0 bridgehead atoms. The van der Waals surface area contributed by atoms with Gasteiger partial charge in [0.25, 0.3) is 0 Å². The van der Waals surface area contributed by atoms with E-state index in [2.05, 4.69) is 26.1 Å². The van der Waals surface area contributed by atoms with Crippen molar-refractivity contribution in [1.29, 1.82) is 0 Å². The van der Waals surface area contributed by atoms with Crippen molar-refractivity contribution in [3.8, 4) is 0 Å². The fourth-order valence-corrected chi connectivity index (χ4v) is 6.52. The molecule has 1 atom stereocenters. The van der Waals surface area contributed by atoms with E-state index in [0.29, 0.717) is 35.8 Å². The smallest absolute Gasteiger partial charge is 0.244 e. The molecule has 1 aliphatic heterocycles. The van der Waals surface area contributed by atoms with Crippen molar-refractivity contribution in [3.05, 3.63) is 16.3 Å². The molecule has 0 spiro atoms. The highest BCUT2D eigenvalue weighted by molar-refractivity contribution is 8.00. The van der Waals surface area contributed by atoms with Crippen LogP contribution < -0.4 is 5.32 Å². The molecule has 1 aliphatic rings. The number of thiophene rings is 1. The summed E-state index contributed by atoms with van der Waals surface area (Å²) in [6.07, 6.45) is 1.02. The van der Waals surface area contributed by atoms with Gasteiger partial charge in [0, 0.05) is 41.6 Å². The molecule has 0 saturated carbocycles. The topological polar surface area (TPSA) is 49.4 Å². The van der Waals surface area contributed by atoms with Gasteiger partial charge in [-0.15, -0.1) is 11.3 Å². The summed E-state index contributed by atoms with van der Waals surface area (Å²) in [5, 5.41) is 5.60. The Hall–Kier alpha value is -0.0800. The second-order valence-electron chi connectivity index (χ2n) is 5.51. The number of hydrogen-bond acceptors (Lipinski definition) is 5. The summed E-state index contributed by atoms with van der Waals surface area (Å²) in [4.78, 5) is 1.40. The van der Waals surface area contributed by atoms with Gasteiger partial charge in [0.1, 0.15) is 0 Å². The first kappa shape index (κ1) is 17.3. The Bertz CT molecular complexity index is 554. The molecule has 0 radical (unpaired) electrons. The van der Waals surface area contributed by atoms with Gasteiger partial charge in [-0.1, -0.05) is 20.8 Å². The Morgan fingerprint density at radius 3 is 2.90 bits per heavy atom. The number of hydrogen-bond donors (Lipinski definition) is 1. The summed E-state index contributed by atoms with van der Waals surface area (Å²) in [5.41, 5.74) is 0. The van der Waals surface area contributed by atoms with E-state index in [1.807, 2.05) is 17.1 Å². The van der Waals surface area contributed by atoms with Gasteiger partial charge in [0.2, 0.25) is 10.0 Å². The van der Waals surface area contributed by atoms with Crippen molar-refractivity contribution >= 4 is 33.1 Å². The Kier molecular flexibility index (Phi) is 6.14. The molecule has 120 valence electrons. The van der Waals surface area contributed by atoms with Gasteiger partial charge >= 0.3 is 0 Å². The van der Waals surface area contributed by atoms with Gasteiger partial charge in [0.05, 0.1) is 4.90 Å². The van der Waals surface area contributed by atoms with Crippen molar-refractivity contribution in [2.24, 2.45) is 0 Å². The maximum atomic E-state index is 12.9. The van der Waals surface area contributed by atoms with Gasteiger partial charge in [-0.3, -0.25) is 0 Å². The highest BCUT2D eigenvalue weighted by Crippen LogP contribution is 2.29. The molecule has 1 fully saturated rings. The van der Waals surface area contributed by atoms with Gasteiger partial charge in [0.15, 0.2) is 0 Å². The van der Waals surface area contributed by atoms with Crippen molar-refractivity contribution in [1.82, 2.24) is 9.62 Å². The lowest BCUT2D eigenvalue weighted by atomic mass is 10.3. The second-order valence-corrected chi connectivity index (χ2v) is 9.82. The quantitative estimate of drug-likeness (QED) is 0.859. The standard InChI is InChI=1S/C14H24N2O2S3/c1-4-12-10-16(6-8-19-12)21(17,18)14-5-7-20-13(14)9-15-11(2)3/h5,7,11-12,15H,4,6,8-10H2,1-3H3. The lowest BCUT2D eigenvalue weighted by Gasteiger charge is -2.31. The maximum absolute atomic E-state index is 12.9. The highest BCUT2D eigenvalue weighted by atomic mass is 32.2. The predicted octanol–water partition coefficient (Wildman–Crippen LogP) is 2.76. The first-order valence-electron chi connectivity index (χ1n) is 7.36. The minimum Gasteiger partial charge on any atom is -0.310 e. The SMILES string of the molecule is CCC1CN(S(=O)(=O)c2ccsc2CNC(C)C)CCS1. The monoisotopic (exact) mass is 348 g/mol. The predicted molar refractivity (Wildman–Crippen MR) is 91.6 cm³/mol. The molecule has 1 N–H and O–H groups in total. The van der Waals surface area contributed by atoms with Gasteiger partial charge < -0.3 is 5.32 Å². The van der Waals surface area contributed by atoms with Gasteiger partial charge in [-0.25, -0.2) is 8.42 Å². The lowest BCUT2D eigenvalue weighted by molar-refractivity contribution is 0.415. The molecule has 21 heavy (non-hydrogen) atoms. The third-order valence-corrected chi connectivity index (χ3v) is 7.92. The van der Waals surface area contributed by atoms with Gasteiger partial charge in [-0.05, 0) is 17.9 Å². The van der Waals surface area contributed by atoms with E-state index in [4.69, 9.17) is 0 Å². The molecule has 0 amide bonds. The molecular weight excluding hydrogens is 324 g/mol. The summed E-state index contributed by atoms with van der Waals surface area (Å²) in [6, 6.07) is 2.10. The van der Waals surface area contributed by atoms with E-state index in [-0.39, 0.29) is 0 Å². The van der Waals surface area contributed by atoms with Crippen LogP contribution >= 0.6 is 23.1 Å². The zero-order valence-corrected chi connectivity index (χ0v) is 15.3. The van der Waals surface area contributed by atoms with Gasteiger partial charge in [-0.2, -0.15) is 16.1 Å². The molecule has 2 heterocycles. The number of rotatable bonds is 6. The van der Waals surface area contributed by atoms with Crippen molar-refractivity contribution in [2.45, 2.75) is 49.9 Å². The Morgan fingerprint density at radius 1 is 1.48 bits per heavy atom. The zero-order chi connectivity index (χ0) is 15.5. The van der Waals surface area contributed by atoms with Crippen LogP contribution in [0.15, 0.2) is 16.3 Å². The largest absolute Gasteiger partial charge is 0.310 e. The van der Waals surface area contributed by atoms with E-state index in [1.165, 1.54) is 11.3 Å². The third-order valence-electron chi connectivity index (χ3n) is 3.55. The fraction of sp³-hybridized carbons (Fsp3) is 0.714. The molecule has 0 aliphatic carbocycles. The highest BCUT2D eigenvalue weighted by Gasteiger charge is 2.31. The number of thioether (sulfide) groups is 1. The van der Waals surface area contributed by atoms with Crippen molar-refractivity contribution in [2.75, 3.05) is 18.8 Å². The number of nitrogens with zero attached hydrogens (tertiary/aromatic N) is 1. The van der Waals surface area contributed by atoms with E-state index in [0.717, 1.165) is 17.1 Å². The average molecular weight is 349 g/mol. The molecule has 2 rings (SSSR count). The molecule has 1 unspecified atom stereocenters. The Morgan fingerprint density at radius 2 is 2.24 bits per heavy atom. The fourth-order valence-electron chi connectivity index (χ4n) is 2.28. The maximum Gasteiger partial charge on any atom is 0.244 e. The van der Waals surface area contributed by atoms with E-state index in [1.54, 1.807) is 10.4 Å². The Balaban J connectivity index is 2.17. The minimum atomic E-state index is -3.35. The van der Waals surface area contributed by atoms with Crippen LogP contribution in [0.1, 0.15) is 32.1 Å². The summed E-state index contributed by atoms with van der Waals surface area (Å²) in [6.45, 7) is 8.12.